The molecular weight excluding hydrogens is 410 g/mol. The lowest BCUT2D eigenvalue weighted by Crippen LogP contribution is -2.47. The van der Waals surface area contributed by atoms with Gasteiger partial charge in [0.05, 0.1) is 6.04 Å². The van der Waals surface area contributed by atoms with Crippen molar-refractivity contribution in [3.05, 3.63) is 35.5 Å². The molecule has 0 radical (unpaired) electrons. The minimum absolute atomic E-state index is 0.324. The second-order valence-corrected chi connectivity index (χ2v) is 10.7. The quantitative estimate of drug-likeness (QED) is 0.734. The van der Waals surface area contributed by atoms with Gasteiger partial charge in [0.25, 0.3) is 0 Å². The maximum Gasteiger partial charge on any atom is 0.228 e. The molecule has 3 saturated heterocycles. The van der Waals surface area contributed by atoms with E-state index in [0.29, 0.717) is 23.9 Å². The van der Waals surface area contributed by atoms with Crippen LogP contribution in [0.1, 0.15) is 30.5 Å². The van der Waals surface area contributed by atoms with Gasteiger partial charge in [-0.1, -0.05) is 17.7 Å². The summed E-state index contributed by atoms with van der Waals surface area (Å²) in [6, 6.07) is 10.1. The van der Waals surface area contributed by atoms with Crippen LogP contribution in [-0.4, -0.2) is 64.7 Å². The fourth-order valence-corrected chi connectivity index (χ4v) is 6.72. The number of aryl methyl sites for hydroxylation is 2. The van der Waals surface area contributed by atoms with Gasteiger partial charge in [0.15, 0.2) is 5.82 Å². The van der Waals surface area contributed by atoms with E-state index in [1.54, 1.807) is 0 Å². The largest absolute Gasteiger partial charge is 0.611 e. The van der Waals surface area contributed by atoms with Crippen LogP contribution >= 0.6 is 0 Å². The van der Waals surface area contributed by atoms with E-state index in [2.05, 4.69) is 46.3 Å². The highest BCUT2D eigenvalue weighted by atomic mass is 32.2. The summed E-state index contributed by atoms with van der Waals surface area (Å²) in [5, 5.41) is 3.60. The maximum atomic E-state index is 12.7. The Bertz CT molecular complexity index is 965. The molecule has 0 aliphatic carbocycles. The van der Waals surface area contributed by atoms with Crippen molar-refractivity contribution < 1.29 is 9.29 Å². The van der Waals surface area contributed by atoms with Crippen molar-refractivity contribution in [1.82, 2.24) is 9.97 Å². The van der Waals surface area contributed by atoms with Gasteiger partial charge in [0.1, 0.15) is 11.4 Å². The zero-order valence-corrected chi connectivity index (χ0v) is 18.7. The van der Waals surface area contributed by atoms with Gasteiger partial charge in [0.2, 0.25) is 10.8 Å². The summed E-state index contributed by atoms with van der Waals surface area (Å²) in [6.45, 7) is 5.61. The number of nitrogens with one attached hydrogen (secondary N) is 1. The van der Waals surface area contributed by atoms with Crippen LogP contribution in [0.2, 0.25) is 0 Å². The van der Waals surface area contributed by atoms with Crippen LogP contribution in [0.4, 0.5) is 17.5 Å². The number of ether oxygens (including phenoxy) is 1. The Balaban J connectivity index is 1.25. The summed E-state index contributed by atoms with van der Waals surface area (Å²) in [6.07, 6.45) is 3.83. The zero-order chi connectivity index (χ0) is 20.9. The van der Waals surface area contributed by atoms with Gasteiger partial charge < -0.3 is 24.4 Å². The number of benzene rings is 1. The Labute approximate surface area is 186 Å². The molecule has 0 saturated carbocycles. The lowest BCUT2D eigenvalue weighted by atomic mass is 10.1. The average molecular weight is 440 g/mol. The Kier molecular flexibility index (Phi) is 4.96. The summed E-state index contributed by atoms with van der Waals surface area (Å²) >= 11 is -1.00. The van der Waals surface area contributed by atoms with Crippen molar-refractivity contribution in [3.63, 3.8) is 0 Å². The van der Waals surface area contributed by atoms with E-state index in [1.807, 2.05) is 0 Å². The van der Waals surface area contributed by atoms with Crippen molar-refractivity contribution in [1.29, 1.82) is 0 Å². The fourth-order valence-electron chi connectivity index (χ4n) is 5.41. The molecule has 31 heavy (non-hydrogen) atoms. The van der Waals surface area contributed by atoms with Crippen molar-refractivity contribution >= 4 is 28.6 Å². The molecule has 3 unspecified atom stereocenters. The second-order valence-electron chi connectivity index (χ2n) is 9.16. The van der Waals surface area contributed by atoms with E-state index in [0.717, 1.165) is 74.3 Å². The van der Waals surface area contributed by atoms with Crippen LogP contribution in [0.25, 0.3) is 0 Å². The number of nitrogens with zero attached hydrogens (tertiary/aromatic N) is 4. The van der Waals surface area contributed by atoms with Crippen LogP contribution in [0, 0.1) is 6.92 Å². The third kappa shape index (κ3) is 3.54. The van der Waals surface area contributed by atoms with Crippen molar-refractivity contribution in [2.75, 3.05) is 47.2 Å². The average Bonchev–Trinajstić information content (AvgIpc) is 3.49. The molecule has 3 fully saturated rings. The number of piperazine rings is 1. The van der Waals surface area contributed by atoms with Crippen molar-refractivity contribution in [2.45, 2.75) is 55.6 Å². The Morgan fingerprint density at radius 3 is 2.55 bits per heavy atom. The minimum Gasteiger partial charge on any atom is -0.611 e. The Hall–Kier alpha value is -2.03. The Morgan fingerprint density at radius 2 is 1.81 bits per heavy atom. The highest BCUT2D eigenvalue weighted by molar-refractivity contribution is 7.91. The molecule has 2 bridgehead atoms. The molecule has 0 spiro atoms. The predicted octanol–water partition coefficient (Wildman–Crippen LogP) is 2.51. The van der Waals surface area contributed by atoms with E-state index in [-0.39, 0.29) is 0 Å². The number of rotatable bonds is 4. The summed E-state index contributed by atoms with van der Waals surface area (Å²) in [7, 11) is 0. The highest BCUT2D eigenvalue weighted by Gasteiger charge is 2.45. The van der Waals surface area contributed by atoms with E-state index >= 15 is 0 Å². The number of fused-ring (bicyclic) bond motifs is 3. The van der Waals surface area contributed by atoms with Gasteiger partial charge in [0, 0.05) is 50.5 Å². The first-order valence-corrected chi connectivity index (χ1v) is 12.7. The van der Waals surface area contributed by atoms with Crippen LogP contribution in [0.15, 0.2) is 29.2 Å². The molecule has 1 aromatic heterocycles. The lowest BCUT2D eigenvalue weighted by molar-refractivity contribution is 0.0903. The van der Waals surface area contributed by atoms with Crippen LogP contribution in [0.5, 0.6) is 0 Å². The summed E-state index contributed by atoms with van der Waals surface area (Å²) in [5.74, 6) is 2.26. The number of anilines is 3. The van der Waals surface area contributed by atoms with Crippen molar-refractivity contribution in [3.8, 4) is 0 Å². The first-order chi connectivity index (χ1) is 15.2. The second kappa shape index (κ2) is 7.83. The van der Waals surface area contributed by atoms with E-state index < -0.39 is 11.2 Å². The minimum atomic E-state index is -1.00. The van der Waals surface area contributed by atoms with Crippen LogP contribution in [0.3, 0.4) is 0 Å². The van der Waals surface area contributed by atoms with Gasteiger partial charge in [-0.2, -0.15) is 4.98 Å². The number of aromatic nitrogens is 2. The third-order valence-corrected chi connectivity index (χ3v) is 8.56. The molecule has 4 aliphatic heterocycles. The standard InChI is InChI=1S/C23H29N5O2S/c1-15-2-4-17(5-3-15)27-13-19-12-18(27)14-28(19)23-25-20-8-11-31(29)21(20)22(26-23)24-16-6-9-30-10-7-16/h2-5,16,18-19H,6-14H2,1H3,(H,24,25,26). The van der Waals surface area contributed by atoms with E-state index in [9.17, 15) is 4.55 Å². The molecule has 0 amide bonds. The normalized spacial score (nSPS) is 27.7. The zero-order valence-electron chi connectivity index (χ0n) is 17.9. The fraction of sp³-hybridized carbons (Fsp3) is 0.565. The first kappa shape index (κ1) is 19.6. The van der Waals surface area contributed by atoms with Crippen LogP contribution in [-0.2, 0) is 22.3 Å². The van der Waals surface area contributed by atoms with Gasteiger partial charge in [-0.25, -0.2) is 4.98 Å². The Morgan fingerprint density at radius 1 is 1.06 bits per heavy atom. The van der Waals surface area contributed by atoms with Gasteiger partial charge >= 0.3 is 0 Å². The van der Waals surface area contributed by atoms with E-state index in [4.69, 9.17) is 14.7 Å². The van der Waals surface area contributed by atoms with E-state index in [1.165, 1.54) is 11.3 Å². The molecule has 3 atom stereocenters. The summed E-state index contributed by atoms with van der Waals surface area (Å²) in [5.41, 5.74) is 3.57. The first-order valence-electron chi connectivity index (χ1n) is 11.4. The van der Waals surface area contributed by atoms with Crippen LogP contribution < -0.4 is 15.1 Å². The number of hydrogen-bond acceptors (Lipinski definition) is 7. The topological polar surface area (TPSA) is 76.6 Å². The molecule has 2 aromatic rings. The predicted molar refractivity (Wildman–Crippen MR) is 123 cm³/mol. The third-order valence-electron chi connectivity index (χ3n) is 7.10. The molecule has 1 aromatic carbocycles. The summed E-state index contributed by atoms with van der Waals surface area (Å²) < 4.78 is 18.2. The lowest BCUT2D eigenvalue weighted by Gasteiger charge is -2.36. The molecule has 1 N–H and O–H groups in total. The maximum absolute atomic E-state index is 12.7. The SMILES string of the molecule is Cc1ccc(N2CC3CC2CN3c2nc3c(c(NC4CCOCC4)n2)[S+]([O-])CC3)cc1. The molecular formula is C23H29N5O2S. The smallest absolute Gasteiger partial charge is 0.228 e. The van der Waals surface area contributed by atoms with Gasteiger partial charge in [-0.3, -0.25) is 0 Å². The molecule has 8 heteroatoms. The van der Waals surface area contributed by atoms with Crippen molar-refractivity contribution in [2.24, 2.45) is 0 Å². The van der Waals surface area contributed by atoms with Gasteiger partial charge in [-0.05, 0) is 49.5 Å². The van der Waals surface area contributed by atoms with Gasteiger partial charge in [-0.15, -0.1) is 0 Å². The number of hydrogen-bond donors (Lipinski definition) is 1. The molecule has 7 nitrogen and oxygen atoms in total. The molecule has 5 heterocycles. The summed E-state index contributed by atoms with van der Waals surface area (Å²) in [4.78, 5) is 15.6. The highest BCUT2D eigenvalue weighted by Crippen LogP contribution is 2.39. The molecule has 6 rings (SSSR count). The molecule has 164 valence electrons. The molecule has 4 aliphatic rings. The monoisotopic (exact) mass is 439 g/mol.